The Morgan fingerprint density at radius 1 is 1.29 bits per heavy atom. The predicted octanol–water partition coefficient (Wildman–Crippen LogP) is 1.54. The summed E-state index contributed by atoms with van der Waals surface area (Å²) in [5, 5.41) is 11.6. The van der Waals surface area contributed by atoms with Gasteiger partial charge in [0.05, 0.1) is 0 Å². The number of amides is 2. The summed E-state index contributed by atoms with van der Waals surface area (Å²) in [6.45, 7) is 5.56. The van der Waals surface area contributed by atoms with E-state index >= 15 is 0 Å². The molecule has 0 heterocycles. The van der Waals surface area contributed by atoms with E-state index < -0.39 is 12.0 Å². The van der Waals surface area contributed by atoms with Crippen molar-refractivity contribution in [3.63, 3.8) is 0 Å². The van der Waals surface area contributed by atoms with Crippen LogP contribution in [0.1, 0.15) is 33.6 Å². The quantitative estimate of drug-likeness (QED) is 0.768. The predicted molar refractivity (Wildman–Crippen MR) is 64.7 cm³/mol. The van der Waals surface area contributed by atoms with Gasteiger partial charge in [-0.25, -0.2) is 9.59 Å². The number of nitrogens with zero attached hydrogens (tertiary/aromatic N) is 1. The molecule has 2 amide bonds. The SMILES string of the molecule is CC(C)[C@H](NC(=O)N(C)C(C)C1CC1)C(=O)O. The molecular formula is C12H22N2O3. The standard InChI is InChI=1S/C12H22N2O3/c1-7(2)10(11(15)16)13-12(17)14(4)8(3)9-5-6-9/h7-10H,5-6H2,1-4H3,(H,13,17)(H,15,16)/t8?,10-/m0/s1. The van der Waals surface area contributed by atoms with Gasteiger partial charge in [0.25, 0.3) is 0 Å². The molecular weight excluding hydrogens is 220 g/mol. The lowest BCUT2D eigenvalue weighted by Gasteiger charge is -2.28. The molecule has 17 heavy (non-hydrogen) atoms. The van der Waals surface area contributed by atoms with Gasteiger partial charge in [0, 0.05) is 13.1 Å². The molecule has 2 atom stereocenters. The normalized spacial score (nSPS) is 18.6. The van der Waals surface area contributed by atoms with Gasteiger partial charge < -0.3 is 15.3 Å². The number of aliphatic carboxylic acids is 1. The van der Waals surface area contributed by atoms with E-state index in [-0.39, 0.29) is 18.0 Å². The Balaban J connectivity index is 2.53. The summed E-state index contributed by atoms with van der Waals surface area (Å²) >= 11 is 0. The first-order chi connectivity index (χ1) is 7.84. The van der Waals surface area contributed by atoms with Crippen molar-refractivity contribution < 1.29 is 14.7 Å². The van der Waals surface area contributed by atoms with E-state index in [0.29, 0.717) is 5.92 Å². The zero-order valence-corrected chi connectivity index (χ0v) is 10.9. The Morgan fingerprint density at radius 2 is 1.82 bits per heavy atom. The van der Waals surface area contributed by atoms with Crippen LogP contribution in [0.2, 0.25) is 0 Å². The van der Waals surface area contributed by atoms with E-state index in [0.717, 1.165) is 12.8 Å². The maximum Gasteiger partial charge on any atom is 0.326 e. The van der Waals surface area contributed by atoms with Gasteiger partial charge in [-0.05, 0) is 31.6 Å². The molecule has 1 rings (SSSR count). The summed E-state index contributed by atoms with van der Waals surface area (Å²) in [5.74, 6) is -0.532. The molecule has 1 aliphatic carbocycles. The summed E-state index contributed by atoms with van der Waals surface area (Å²) in [6.07, 6.45) is 2.32. The molecule has 0 aromatic carbocycles. The van der Waals surface area contributed by atoms with Gasteiger partial charge in [0.1, 0.15) is 6.04 Å². The van der Waals surface area contributed by atoms with Crippen molar-refractivity contribution in [2.45, 2.75) is 45.7 Å². The number of carbonyl (C=O) groups excluding carboxylic acids is 1. The fourth-order valence-electron chi connectivity index (χ4n) is 1.83. The van der Waals surface area contributed by atoms with Crippen LogP contribution in [-0.2, 0) is 4.79 Å². The third-order valence-corrected chi connectivity index (χ3v) is 3.45. The zero-order valence-electron chi connectivity index (χ0n) is 10.9. The van der Waals surface area contributed by atoms with Crippen LogP contribution in [0, 0.1) is 11.8 Å². The van der Waals surface area contributed by atoms with Gasteiger partial charge >= 0.3 is 12.0 Å². The number of rotatable bonds is 5. The number of carboxylic acids is 1. The average Bonchev–Trinajstić information content (AvgIpc) is 3.06. The highest BCUT2D eigenvalue weighted by molar-refractivity contribution is 5.82. The minimum Gasteiger partial charge on any atom is -0.480 e. The maximum absolute atomic E-state index is 11.9. The van der Waals surface area contributed by atoms with Crippen LogP contribution in [-0.4, -0.2) is 41.1 Å². The number of urea groups is 1. The Bertz CT molecular complexity index is 300. The first-order valence-corrected chi connectivity index (χ1v) is 6.10. The molecule has 0 aliphatic heterocycles. The van der Waals surface area contributed by atoms with Crippen molar-refractivity contribution in [3.8, 4) is 0 Å². The second-order valence-corrected chi connectivity index (χ2v) is 5.20. The van der Waals surface area contributed by atoms with Gasteiger partial charge in [0.15, 0.2) is 0 Å². The fraction of sp³-hybridized carbons (Fsp3) is 0.833. The van der Waals surface area contributed by atoms with Crippen molar-refractivity contribution in [3.05, 3.63) is 0 Å². The van der Waals surface area contributed by atoms with Crippen LogP contribution in [0.5, 0.6) is 0 Å². The van der Waals surface area contributed by atoms with Gasteiger partial charge in [-0.2, -0.15) is 0 Å². The van der Waals surface area contributed by atoms with Gasteiger partial charge in [0.2, 0.25) is 0 Å². The molecule has 1 unspecified atom stereocenters. The number of hydrogen-bond acceptors (Lipinski definition) is 2. The molecule has 0 bridgehead atoms. The fourth-order valence-corrected chi connectivity index (χ4v) is 1.83. The molecule has 98 valence electrons. The lowest BCUT2D eigenvalue weighted by atomic mass is 10.1. The second-order valence-electron chi connectivity index (χ2n) is 5.20. The van der Waals surface area contributed by atoms with Crippen LogP contribution < -0.4 is 5.32 Å². The molecule has 0 radical (unpaired) electrons. The van der Waals surface area contributed by atoms with E-state index in [1.165, 1.54) is 0 Å². The Morgan fingerprint density at radius 3 is 2.18 bits per heavy atom. The van der Waals surface area contributed by atoms with Crippen LogP contribution in [0.4, 0.5) is 4.79 Å². The molecule has 2 N–H and O–H groups in total. The molecule has 0 spiro atoms. The van der Waals surface area contributed by atoms with Crippen molar-refractivity contribution in [2.24, 2.45) is 11.8 Å². The second kappa shape index (κ2) is 5.38. The van der Waals surface area contributed by atoms with Crippen molar-refractivity contribution in [1.29, 1.82) is 0 Å². The summed E-state index contributed by atoms with van der Waals surface area (Å²) < 4.78 is 0. The van der Waals surface area contributed by atoms with Gasteiger partial charge in [-0.1, -0.05) is 13.8 Å². The topological polar surface area (TPSA) is 69.6 Å². The van der Waals surface area contributed by atoms with Gasteiger partial charge in [-0.3, -0.25) is 0 Å². The molecule has 1 saturated carbocycles. The van der Waals surface area contributed by atoms with Crippen LogP contribution in [0.15, 0.2) is 0 Å². The molecule has 0 aromatic heterocycles. The zero-order chi connectivity index (χ0) is 13.2. The molecule has 0 aromatic rings. The Hall–Kier alpha value is -1.26. The van der Waals surface area contributed by atoms with E-state index in [4.69, 9.17) is 5.11 Å². The molecule has 5 heteroatoms. The van der Waals surface area contributed by atoms with Crippen molar-refractivity contribution in [1.82, 2.24) is 10.2 Å². The lowest BCUT2D eigenvalue weighted by Crippen LogP contribution is -2.51. The number of carbonyl (C=O) groups is 2. The molecule has 1 fully saturated rings. The van der Waals surface area contributed by atoms with Crippen molar-refractivity contribution >= 4 is 12.0 Å². The van der Waals surface area contributed by atoms with E-state index in [9.17, 15) is 9.59 Å². The Labute approximate surface area is 102 Å². The first kappa shape index (κ1) is 13.8. The monoisotopic (exact) mass is 242 g/mol. The minimum atomic E-state index is -0.985. The van der Waals surface area contributed by atoms with E-state index in [2.05, 4.69) is 5.32 Å². The third kappa shape index (κ3) is 3.61. The highest BCUT2D eigenvalue weighted by Crippen LogP contribution is 2.34. The summed E-state index contributed by atoms with van der Waals surface area (Å²) in [6, 6.07) is -0.946. The highest BCUT2D eigenvalue weighted by atomic mass is 16.4. The third-order valence-electron chi connectivity index (χ3n) is 3.45. The average molecular weight is 242 g/mol. The van der Waals surface area contributed by atoms with Gasteiger partial charge in [-0.15, -0.1) is 0 Å². The summed E-state index contributed by atoms with van der Waals surface area (Å²) in [4.78, 5) is 24.5. The van der Waals surface area contributed by atoms with Crippen LogP contribution in [0.3, 0.4) is 0 Å². The summed E-state index contributed by atoms with van der Waals surface area (Å²) in [5.41, 5.74) is 0. The van der Waals surface area contributed by atoms with E-state index in [1.807, 2.05) is 6.92 Å². The smallest absolute Gasteiger partial charge is 0.326 e. The van der Waals surface area contributed by atoms with Crippen molar-refractivity contribution in [2.75, 3.05) is 7.05 Å². The van der Waals surface area contributed by atoms with Crippen LogP contribution in [0.25, 0.3) is 0 Å². The Kier molecular flexibility index (Phi) is 4.37. The number of carboxylic acid groups (broad SMARTS) is 1. The lowest BCUT2D eigenvalue weighted by molar-refractivity contribution is -0.140. The molecule has 5 nitrogen and oxygen atoms in total. The highest BCUT2D eigenvalue weighted by Gasteiger charge is 2.34. The maximum atomic E-state index is 11.9. The van der Waals surface area contributed by atoms with E-state index in [1.54, 1.807) is 25.8 Å². The largest absolute Gasteiger partial charge is 0.480 e. The van der Waals surface area contributed by atoms with Crippen LogP contribution >= 0.6 is 0 Å². The number of nitrogens with one attached hydrogen (secondary N) is 1. The first-order valence-electron chi connectivity index (χ1n) is 6.10. The number of hydrogen-bond donors (Lipinski definition) is 2. The molecule has 1 aliphatic rings. The summed E-state index contributed by atoms with van der Waals surface area (Å²) in [7, 11) is 1.72. The molecule has 0 saturated heterocycles. The minimum absolute atomic E-state index is 0.124.